The van der Waals surface area contributed by atoms with Crippen molar-refractivity contribution in [3.8, 4) is 0 Å². The highest BCUT2D eigenvalue weighted by atomic mass is 16.5. The molecule has 0 aromatic carbocycles. The van der Waals surface area contributed by atoms with Gasteiger partial charge in [-0.3, -0.25) is 5.32 Å². The monoisotopic (exact) mass is 162 g/mol. The molecule has 3 N–H and O–H groups in total. The Balaban J connectivity index is 2.69. The van der Waals surface area contributed by atoms with Gasteiger partial charge in [-0.1, -0.05) is 0 Å². The molecule has 0 bridgehead atoms. The smallest absolute Gasteiger partial charge is 0.0965 e. The predicted molar refractivity (Wildman–Crippen MR) is 44.4 cm³/mol. The van der Waals surface area contributed by atoms with Gasteiger partial charge >= 0.3 is 0 Å². The molecule has 0 aliphatic heterocycles. The van der Waals surface area contributed by atoms with Crippen LogP contribution < -0.4 is 11.1 Å². The summed E-state index contributed by atoms with van der Waals surface area (Å²) in [6, 6.07) is 0. The highest BCUT2D eigenvalue weighted by Gasteiger charge is 1.86. The Morgan fingerprint density at radius 2 is 2.09 bits per heavy atom. The molecule has 0 amide bonds. The van der Waals surface area contributed by atoms with E-state index in [1.807, 2.05) is 6.92 Å². The van der Waals surface area contributed by atoms with Crippen molar-refractivity contribution in [1.82, 2.24) is 5.32 Å². The SMILES string of the molecule is CCOCNCCOCCN. The van der Waals surface area contributed by atoms with Gasteiger partial charge in [-0.05, 0) is 6.92 Å². The standard InChI is InChI=1S/C7H18N2O2/c1-2-10-7-9-4-6-11-5-3-8/h9H,2-8H2,1H3. The summed E-state index contributed by atoms with van der Waals surface area (Å²) >= 11 is 0. The van der Waals surface area contributed by atoms with Crippen LogP contribution in [0.15, 0.2) is 0 Å². The molecule has 0 atom stereocenters. The van der Waals surface area contributed by atoms with Crippen LogP contribution in [0.1, 0.15) is 6.92 Å². The third-order valence-electron chi connectivity index (χ3n) is 1.09. The van der Waals surface area contributed by atoms with Gasteiger partial charge in [-0.2, -0.15) is 0 Å². The van der Waals surface area contributed by atoms with Gasteiger partial charge in [0.1, 0.15) is 0 Å². The van der Waals surface area contributed by atoms with Crippen molar-refractivity contribution in [2.24, 2.45) is 5.73 Å². The van der Waals surface area contributed by atoms with E-state index in [1.165, 1.54) is 0 Å². The summed E-state index contributed by atoms with van der Waals surface area (Å²) in [5.74, 6) is 0. The predicted octanol–water partition coefficient (Wildman–Crippen LogP) is -0.455. The first kappa shape index (κ1) is 10.8. The fourth-order valence-electron chi connectivity index (χ4n) is 0.576. The Morgan fingerprint density at radius 1 is 1.27 bits per heavy atom. The van der Waals surface area contributed by atoms with Crippen molar-refractivity contribution >= 4 is 0 Å². The van der Waals surface area contributed by atoms with Crippen LogP contribution in [0.4, 0.5) is 0 Å². The van der Waals surface area contributed by atoms with Crippen LogP contribution in [0.3, 0.4) is 0 Å². The minimum Gasteiger partial charge on any atom is -0.379 e. The largest absolute Gasteiger partial charge is 0.379 e. The number of rotatable bonds is 8. The van der Waals surface area contributed by atoms with Crippen LogP contribution in [0.2, 0.25) is 0 Å². The normalized spacial score (nSPS) is 10.4. The third-order valence-corrected chi connectivity index (χ3v) is 1.09. The zero-order valence-electron chi connectivity index (χ0n) is 7.14. The highest BCUT2D eigenvalue weighted by Crippen LogP contribution is 1.71. The maximum Gasteiger partial charge on any atom is 0.0965 e. The highest BCUT2D eigenvalue weighted by molar-refractivity contribution is 4.38. The fourth-order valence-corrected chi connectivity index (χ4v) is 0.576. The molecular weight excluding hydrogens is 144 g/mol. The zero-order valence-corrected chi connectivity index (χ0v) is 7.14. The van der Waals surface area contributed by atoms with E-state index in [0.717, 1.165) is 13.2 Å². The molecule has 4 nitrogen and oxygen atoms in total. The first-order chi connectivity index (χ1) is 5.41. The maximum absolute atomic E-state index is 5.22. The molecular formula is C7H18N2O2. The molecule has 68 valence electrons. The van der Waals surface area contributed by atoms with E-state index in [4.69, 9.17) is 15.2 Å². The molecule has 0 saturated heterocycles. The van der Waals surface area contributed by atoms with Gasteiger partial charge in [0.15, 0.2) is 0 Å². The van der Waals surface area contributed by atoms with E-state index in [9.17, 15) is 0 Å². The number of ether oxygens (including phenoxy) is 2. The van der Waals surface area contributed by atoms with Crippen molar-refractivity contribution in [1.29, 1.82) is 0 Å². The lowest BCUT2D eigenvalue weighted by atomic mass is 10.6. The van der Waals surface area contributed by atoms with Crippen molar-refractivity contribution < 1.29 is 9.47 Å². The van der Waals surface area contributed by atoms with Gasteiger partial charge in [-0.15, -0.1) is 0 Å². The summed E-state index contributed by atoms with van der Waals surface area (Å²) in [5, 5.41) is 3.06. The molecule has 0 aromatic heterocycles. The van der Waals surface area contributed by atoms with Gasteiger partial charge in [0, 0.05) is 19.7 Å². The molecule has 0 aliphatic carbocycles. The topological polar surface area (TPSA) is 56.5 Å². The summed E-state index contributed by atoms with van der Waals surface area (Å²) in [4.78, 5) is 0. The third kappa shape index (κ3) is 9.84. The number of hydrogen-bond acceptors (Lipinski definition) is 4. The van der Waals surface area contributed by atoms with E-state index in [2.05, 4.69) is 5.32 Å². The van der Waals surface area contributed by atoms with E-state index < -0.39 is 0 Å². The average molecular weight is 162 g/mol. The summed E-state index contributed by atoms with van der Waals surface area (Å²) in [7, 11) is 0. The Morgan fingerprint density at radius 3 is 2.73 bits per heavy atom. The summed E-state index contributed by atoms with van der Waals surface area (Å²) in [6.07, 6.45) is 0. The van der Waals surface area contributed by atoms with Crippen LogP contribution in [-0.4, -0.2) is 39.6 Å². The van der Waals surface area contributed by atoms with E-state index in [1.54, 1.807) is 0 Å². The van der Waals surface area contributed by atoms with E-state index >= 15 is 0 Å². The molecule has 11 heavy (non-hydrogen) atoms. The van der Waals surface area contributed by atoms with Crippen LogP contribution in [-0.2, 0) is 9.47 Å². The second-order valence-corrected chi connectivity index (χ2v) is 2.04. The molecule has 0 aromatic rings. The van der Waals surface area contributed by atoms with Crippen molar-refractivity contribution in [3.05, 3.63) is 0 Å². The van der Waals surface area contributed by atoms with E-state index in [-0.39, 0.29) is 0 Å². The van der Waals surface area contributed by atoms with Gasteiger partial charge in [0.2, 0.25) is 0 Å². The van der Waals surface area contributed by atoms with Crippen LogP contribution in [0.5, 0.6) is 0 Å². The number of hydrogen-bond donors (Lipinski definition) is 2. The lowest BCUT2D eigenvalue weighted by molar-refractivity contribution is 0.105. The molecule has 0 spiro atoms. The molecule has 0 unspecified atom stereocenters. The molecule has 0 saturated carbocycles. The van der Waals surface area contributed by atoms with Crippen LogP contribution >= 0.6 is 0 Å². The minimum absolute atomic E-state index is 0.589. The molecule has 0 fully saturated rings. The lowest BCUT2D eigenvalue weighted by Gasteiger charge is -2.04. The molecule has 0 aliphatic rings. The van der Waals surface area contributed by atoms with Gasteiger partial charge in [0.25, 0.3) is 0 Å². The second kappa shape index (κ2) is 9.84. The zero-order chi connectivity index (χ0) is 8.36. The van der Waals surface area contributed by atoms with E-state index in [0.29, 0.717) is 26.5 Å². The minimum atomic E-state index is 0.589. The second-order valence-electron chi connectivity index (χ2n) is 2.04. The first-order valence-corrected chi connectivity index (χ1v) is 3.98. The van der Waals surface area contributed by atoms with Crippen molar-refractivity contribution in [2.75, 3.05) is 39.6 Å². The lowest BCUT2D eigenvalue weighted by Crippen LogP contribution is -2.23. The van der Waals surface area contributed by atoms with Crippen LogP contribution in [0.25, 0.3) is 0 Å². The van der Waals surface area contributed by atoms with Crippen molar-refractivity contribution in [3.63, 3.8) is 0 Å². The van der Waals surface area contributed by atoms with Gasteiger partial charge < -0.3 is 15.2 Å². The summed E-state index contributed by atoms with van der Waals surface area (Å²) in [6.45, 7) is 6.05. The number of nitrogens with one attached hydrogen (secondary N) is 1. The Bertz CT molecular complexity index is 63.5. The average Bonchev–Trinajstić information content (AvgIpc) is 2.03. The molecule has 0 rings (SSSR count). The molecule has 0 radical (unpaired) electrons. The maximum atomic E-state index is 5.22. The Hall–Kier alpha value is -0.160. The molecule has 0 heterocycles. The Kier molecular flexibility index (Phi) is 9.70. The van der Waals surface area contributed by atoms with Gasteiger partial charge in [-0.25, -0.2) is 0 Å². The number of nitrogens with two attached hydrogens (primary N) is 1. The van der Waals surface area contributed by atoms with Gasteiger partial charge in [0.05, 0.1) is 19.9 Å². The first-order valence-electron chi connectivity index (χ1n) is 3.98. The Labute approximate surface area is 68.0 Å². The molecule has 4 heteroatoms. The fraction of sp³-hybridized carbons (Fsp3) is 1.00. The summed E-state index contributed by atoms with van der Waals surface area (Å²) in [5.41, 5.74) is 5.22. The van der Waals surface area contributed by atoms with Crippen molar-refractivity contribution in [2.45, 2.75) is 6.92 Å². The quantitative estimate of drug-likeness (QED) is 0.375. The summed E-state index contributed by atoms with van der Waals surface area (Å²) < 4.78 is 10.2. The van der Waals surface area contributed by atoms with Crippen LogP contribution in [0, 0.1) is 0 Å².